The van der Waals surface area contributed by atoms with Gasteiger partial charge in [0.25, 0.3) is 0 Å². The third-order valence-electron chi connectivity index (χ3n) is 6.68. The minimum Gasteiger partial charge on any atom is -0.506 e. The minimum absolute atomic E-state index is 0. The first kappa shape index (κ1) is 25.0. The average molecular weight is 668 g/mol. The van der Waals surface area contributed by atoms with Crippen LogP contribution in [-0.2, 0) is 27.5 Å². The van der Waals surface area contributed by atoms with Crippen molar-refractivity contribution >= 4 is 32.7 Å². The number of fused-ring (bicyclic) bond motifs is 4. The number of aryl methyl sites for hydroxylation is 1. The van der Waals surface area contributed by atoms with Crippen molar-refractivity contribution in [3.8, 4) is 23.2 Å². The van der Waals surface area contributed by atoms with Crippen LogP contribution in [0.2, 0.25) is 0 Å². The van der Waals surface area contributed by atoms with Gasteiger partial charge in [-0.05, 0) is 59.2 Å². The number of aromatic hydroxyl groups is 1. The standard InChI is InChI=1S/C31H26N3O2.Pt/c1-4-20-8-12-26-25(16-20)24-11-10-23(36-30-13-9-21-6-5-7-28(35)31(21)33-30)18-27(24)34(26)29-17-22(19(2)3)14-15-32-29;/h5-17,19,35H,4H2,1-3H3;/q-1;. The molecule has 188 valence electrons. The number of para-hydroxylation sites is 1. The Kier molecular flexibility index (Phi) is 6.74. The predicted molar refractivity (Wildman–Crippen MR) is 144 cm³/mol. The summed E-state index contributed by atoms with van der Waals surface area (Å²) in [5, 5.41) is 13.3. The predicted octanol–water partition coefficient (Wildman–Crippen LogP) is 7.71. The number of nitrogens with zero attached hydrogens (tertiary/aromatic N) is 3. The average Bonchev–Trinajstić information content (AvgIpc) is 3.22. The molecule has 6 heteroatoms. The fourth-order valence-corrected chi connectivity index (χ4v) is 4.69. The van der Waals surface area contributed by atoms with Crippen LogP contribution in [0.15, 0.2) is 79.0 Å². The summed E-state index contributed by atoms with van der Waals surface area (Å²) in [4.78, 5) is 9.24. The Morgan fingerprint density at radius 3 is 2.65 bits per heavy atom. The van der Waals surface area contributed by atoms with Gasteiger partial charge in [0.2, 0.25) is 5.88 Å². The molecule has 0 radical (unpaired) electrons. The molecule has 0 unspecified atom stereocenters. The third kappa shape index (κ3) is 4.49. The molecule has 5 nitrogen and oxygen atoms in total. The molecule has 0 aliphatic rings. The molecule has 0 atom stereocenters. The second-order valence-corrected chi connectivity index (χ2v) is 9.33. The molecule has 0 saturated carbocycles. The molecule has 0 aliphatic carbocycles. The number of phenols is 1. The van der Waals surface area contributed by atoms with E-state index in [1.54, 1.807) is 18.2 Å². The van der Waals surface area contributed by atoms with Crippen LogP contribution in [-0.4, -0.2) is 19.6 Å². The van der Waals surface area contributed by atoms with Crippen LogP contribution in [0.25, 0.3) is 38.5 Å². The van der Waals surface area contributed by atoms with Crippen LogP contribution in [0.3, 0.4) is 0 Å². The van der Waals surface area contributed by atoms with Crippen LogP contribution >= 0.6 is 0 Å². The van der Waals surface area contributed by atoms with Crippen molar-refractivity contribution in [2.45, 2.75) is 33.1 Å². The number of phenolic OH excluding ortho intramolecular Hbond substituents is 1. The number of ether oxygens (including phenoxy) is 1. The normalized spacial score (nSPS) is 11.4. The second kappa shape index (κ2) is 9.99. The first-order chi connectivity index (χ1) is 17.5. The second-order valence-electron chi connectivity index (χ2n) is 9.33. The van der Waals surface area contributed by atoms with E-state index in [1.165, 1.54) is 11.1 Å². The summed E-state index contributed by atoms with van der Waals surface area (Å²) >= 11 is 0. The maximum Gasteiger partial charge on any atom is 0.217 e. The molecule has 0 fully saturated rings. The third-order valence-corrected chi connectivity index (χ3v) is 6.68. The molecule has 3 aromatic carbocycles. The molecule has 1 N–H and O–H groups in total. The molecular formula is C31H26N3O2Pt-. The first-order valence-corrected chi connectivity index (χ1v) is 12.2. The van der Waals surface area contributed by atoms with E-state index in [-0.39, 0.29) is 26.8 Å². The number of pyridine rings is 2. The van der Waals surface area contributed by atoms with E-state index >= 15 is 0 Å². The molecule has 0 aliphatic heterocycles. The van der Waals surface area contributed by atoms with Crippen LogP contribution in [0.5, 0.6) is 17.4 Å². The summed E-state index contributed by atoms with van der Waals surface area (Å²) in [6.45, 7) is 6.54. The first-order valence-electron chi connectivity index (χ1n) is 12.2. The summed E-state index contributed by atoms with van der Waals surface area (Å²) in [6, 6.07) is 27.3. The largest absolute Gasteiger partial charge is 0.506 e. The van der Waals surface area contributed by atoms with Gasteiger partial charge >= 0.3 is 0 Å². The molecule has 0 amide bonds. The van der Waals surface area contributed by atoms with Gasteiger partial charge in [-0.25, -0.2) is 9.97 Å². The van der Waals surface area contributed by atoms with Gasteiger partial charge in [0.1, 0.15) is 17.1 Å². The molecule has 3 aromatic heterocycles. The van der Waals surface area contributed by atoms with Crippen LogP contribution in [0, 0.1) is 6.07 Å². The van der Waals surface area contributed by atoms with Gasteiger partial charge in [-0.15, -0.1) is 17.5 Å². The van der Waals surface area contributed by atoms with Gasteiger partial charge in [-0.2, -0.15) is 6.07 Å². The fourth-order valence-electron chi connectivity index (χ4n) is 4.69. The summed E-state index contributed by atoms with van der Waals surface area (Å²) in [5.41, 5.74) is 5.00. The van der Waals surface area contributed by atoms with Crippen molar-refractivity contribution in [2.75, 3.05) is 0 Å². The van der Waals surface area contributed by atoms with E-state index in [0.717, 1.165) is 39.4 Å². The van der Waals surface area contributed by atoms with Crippen LogP contribution in [0.1, 0.15) is 37.8 Å². The van der Waals surface area contributed by atoms with Gasteiger partial charge in [-0.1, -0.05) is 50.6 Å². The summed E-state index contributed by atoms with van der Waals surface area (Å²) < 4.78 is 8.29. The van der Waals surface area contributed by atoms with Crippen molar-refractivity contribution in [2.24, 2.45) is 0 Å². The Balaban J connectivity index is 0.00000280. The Morgan fingerprint density at radius 2 is 1.84 bits per heavy atom. The number of benzene rings is 3. The zero-order valence-corrected chi connectivity index (χ0v) is 23.1. The Morgan fingerprint density at radius 1 is 0.973 bits per heavy atom. The van der Waals surface area contributed by atoms with E-state index < -0.39 is 0 Å². The number of aromatic nitrogens is 3. The minimum atomic E-state index is 0. The molecular weight excluding hydrogens is 641 g/mol. The quantitative estimate of drug-likeness (QED) is 0.192. The summed E-state index contributed by atoms with van der Waals surface area (Å²) in [7, 11) is 0. The topological polar surface area (TPSA) is 60.2 Å². The van der Waals surface area contributed by atoms with Crippen molar-refractivity contribution in [3.63, 3.8) is 0 Å². The summed E-state index contributed by atoms with van der Waals surface area (Å²) in [5.74, 6) is 2.32. The van der Waals surface area contributed by atoms with Gasteiger partial charge < -0.3 is 14.4 Å². The summed E-state index contributed by atoms with van der Waals surface area (Å²) in [6.07, 6.45) is 2.84. The molecule has 0 saturated heterocycles. The zero-order valence-electron chi connectivity index (χ0n) is 20.8. The number of hydrogen-bond acceptors (Lipinski definition) is 4. The van der Waals surface area contributed by atoms with Gasteiger partial charge in [-0.3, -0.25) is 0 Å². The van der Waals surface area contributed by atoms with E-state index in [4.69, 9.17) is 9.72 Å². The van der Waals surface area contributed by atoms with Crippen molar-refractivity contribution in [1.82, 2.24) is 14.5 Å². The van der Waals surface area contributed by atoms with Crippen molar-refractivity contribution in [3.05, 3.63) is 96.2 Å². The van der Waals surface area contributed by atoms with E-state index in [9.17, 15) is 5.11 Å². The fraction of sp³-hybridized carbons (Fsp3) is 0.161. The molecule has 0 bridgehead atoms. The Hall–Kier alpha value is -3.69. The zero-order chi connectivity index (χ0) is 24.8. The molecule has 0 spiro atoms. The Bertz CT molecular complexity index is 1760. The van der Waals surface area contributed by atoms with E-state index in [0.29, 0.717) is 23.1 Å². The smallest absolute Gasteiger partial charge is 0.217 e. The number of hydrogen-bond donors (Lipinski definition) is 1. The molecule has 3 heterocycles. The maximum absolute atomic E-state index is 10.2. The van der Waals surface area contributed by atoms with Gasteiger partial charge in [0.15, 0.2) is 0 Å². The van der Waals surface area contributed by atoms with E-state index in [2.05, 4.69) is 72.8 Å². The van der Waals surface area contributed by atoms with Crippen LogP contribution in [0.4, 0.5) is 0 Å². The Labute approximate surface area is 230 Å². The van der Waals surface area contributed by atoms with Crippen molar-refractivity contribution < 1.29 is 30.9 Å². The maximum atomic E-state index is 10.2. The van der Waals surface area contributed by atoms with Gasteiger partial charge in [0.05, 0.1) is 0 Å². The molecule has 37 heavy (non-hydrogen) atoms. The van der Waals surface area contributed by atoms with E-state index in [1.807, 2.05) is 24.4 Å². The SMILES string of the molecule is CCc1ccc2c(c1)c1ccc(Oc3ccc4cccc(O)c4n3)[c-]c1n2-c1cc(C(C)C)ccn1.[Pt]. The van der Waals surface area contributed by atoms with Crippen LogP contribution < -0.4 is 4.74 Å². The molecule has 6 rings (SSSR count). The number of rotatable bonds is 5. The monoisotopic (exact) mass is 667 g/mol. The van der Waals surface area contributed by atoms with Crippen molar-refractivity contribution in [1.29, 1.82) is 0 Å². The molecule has 6 aromatic rings. The van der Waals surface area contributed by atoms with Gasteiger partial charge in [0, 0.05) is 50.0 Å².